The summed E-state index contributed by atoms with van der Waals surface area (Å²) < 4.78 is 5.11. The highest BCUT2D eigenvalue weighted by molar-refractivity contribution is 5.72. The zero-order chi connectivity index (χ0) is 10.4. The van der Waals surface area contributed by atoms with Gasteiger partial charge in [0.1, 0.15) is 0 Å². The molecule has 0 bridgehead atoms. The van der Waals surface area contributed by atoms with Gasteiger partial charge in [0.25, 0.3) is 0 Å². The molecule has 0 aromatic heterocycles. The van der Waals surface area contributed by atoms with Crippen molar-refractivity contribution in [1.82, 2.24) is 0 Å². The van der Waals surface area contributed by atoms with Gasteiger partial charge >= 0.3 is 5.97 Å². The van der Waals surface area contributed by atoms with Crippen LogP contribution in [-0.2, 0) is 9.53 Å². The molecule has 0 aliphatic carbocycles. The largest absolute Gasteiger partial charge is 0.463 e. The molecule has 0 heterocycles. The Morgan fingerprint density at radius 1 is 1.08 bits per heavy atom. The minimum Gasteiger partial charge on any atom is -0.463 e. The zero-order valence-corrected chi connectivity index (χ0v) is 9.46. The van der Waals surface area contributed by atoms with Crippen LogP contribution in [0, 0.1) is 11.8 Å². The highest BCUT2D eigenvalue weighted by atomic mass is 16.5. The molecule has 2 heteroatoms. The van der Waals surface area contributed by atoms with E-state index in [1.54, 1.807) is 0 Å². The van der Waals surface area contributed by atoms with E-state index in [0.717, 1.165) is 12.8 Å². The van der Waals surface area contributed by atoms with Gasteiger partial charge < -0.3 is 4.74 Å². The molecule has 0 aliphatic rings. The molecule has 0 aromatic rings. The van der Waals surface area contributed by atoms with Crippen molar-refractivity contribution in [2.75, 3.05) is 0 Å². The van der Waals surface area contributed by atoms with Gasteiger partial charge in [0.15, 0.2) is 0 Å². The van der Waals surface area contributed by atoms with Crippen molar-refractivity contribution in [3.8, 4) is 0 Å². The minimum atomic E-state index is -0.0596. The molecule has 0 spiro atoms. The van der Waals surface area contributed by atoms with E-state index >= 15 is 0 Å². The quantitative estimate of drug-likeness (QED) is 0.617. The molecule has 0 fully saturated rings. The number of hydrogen-bond donors (Lipinski definition) is 0. The molecule has 0 amide bonds. The molecule has 0 saturated carbocycles. The molecule has 0 rings (SSSR count). The van der Waals surface area contributed by atoms with E-state index in [2.05, 4.69) is 13.8 Å². The van der Waals surface area contributed by atoms with E-state index in [9.17, 15) is 4.79 Å². The maximum absolute atomic E-state index is 11.3. The first-order valence-electron chi connectivity index (χ1n) is 5.14. The average Bonchev–Trinajstić information content (AvgIpc) is 1.98. The zero-order valence-electron chi connectivity index (χ0n) is 9.46. The summed E-state index contributed by atoms with van der Waals surface area (Å²) in [4.78, 5) is 11.3. The summed E-state index contributed by atoms with van der Waals surface area (Å²) in [7, 11) is 0. The first-order valence-corrected chi connectivity index (χ1v) is 5.14. The monoisotopic (exact) mass is 186 g/mol. The van der Waals surface area contributed by atoms with Crippen molar-refractivity contribution in [1.29, 1.82) is 0 Å². The van der Waals surface area contributed by atoms with E-state index in [0.29, 0.717) is 5.92 Å². The maximum atomic E-state index is 11.3. The number of carbonyl (C=O) groups excluding carboxylic acids is 1. The van der Waals surface area contributed by atoms with Crippen molar-refractivity contribution in [3.63, 3.8) is 0 Å². The van der Waals surface area contributed by atoms with Gasteiger partial charge in [0.05, 0.1) is 12.0 Å². The molecule has 0 radical (unpaired) electrons. The SMILES string of the molecule is CC(C)CC[C@H](C)C(=O)OC(C)C. The van der Waals surface area contributed by atoms with Crippen LogP contribution in [0.25, 0.3) is 0 Å². The summed E-state index contributed by atoms with van der Waals surface area (Å²) in [6.07, 6.45) is 2.03. The van der Waals surface area contributed by atoms with Gasteiger partial charge in [-0.2, -0.15) is 0 Å². The Balaban J connectivity index is 3.69. The summed E-state index contributed by atoms with van der Waals surface area (Å²) in [5.41, 5.74) is 0. The molecule has 78 valence electrons. The van der Waals surface area contributed by atoms with Crippen LogP contribution in [0.1, 0.15) is 47.5 Å². The van der Waals surface area contributed by atoms with Gasteiger partial charge in [0.2, 0.25) is 0 Å². The van der Waals surface area contributed by atoms with Crippen molar-refractivity contribution < 1.29 is 9.53 Å². The number of carbonyl (C=O) groups is 1. The molecule has 0 aliphatic heterocycles. The third-order valence-corrected chi connectivity index (χ3v) is 1.93. The fourth-order valence-corrected chi connectivity index (χ4v) is 1.05. The second-order valence-corrected chi connectivity index (χ2v) is 4.36. The first-order chi connectivity index (χ1) is 5.93. The van der Waals surface area contributed by atoms with Gasteiger partial charge in [-0.3, -0.25) is 4.79 Å². The Bertz CT molecular complexity index is 150. The van der Waals surface area contributed by atoms with E-state index in [1.807, 2.05) is 20.8 Å². The normalized spacial score (nSPS) is 13.5. The second-order valence-electron chi connectivity index (χ2n) is 4.36. The average molecular weight is 186 g/mol. The molecule has 2 nitrogen and oxygen atoms in total. The maximum Gasteiger partial charge on any atom is 0.308 e. The topological polar surface area (TPSA) is 26.3 Å². The number of esters is 1. The first kappa shape index (κ1) is 12.5. The lowest BCUT2D eigenvalue weighted by atomic mass is 9.99. The number of hydrogen-bond acceptors (Lipinski definition) is 2. The molecular weight excluding hydrogens is 164 g/mol. The van der Waals surface area contributed by atoms with E-state index in [4.69, 9.17) is 4.74 Å². The van der Waals surface area contributed by atoms with Crippen molar-refractivity contribution in [2.45, 2.75) is 53.6 Å². The predicted molar refractivity (Wildman–Crippen MR) is 54.5 cm³/mol. The lowest BCUT2D eigenvalue weighted by Crippen LogP contribution is -2.19. The van der Waals surface area contributed by atoms with Gasteiger partial charge in [-0.15, -0.1) is 0 Å². The highest BCUT2D eigenvalue weighted by Crippen LogP contribution is 2.13. The standard InChI is InChI=1S/C11H22O2/c1-8(2)6-7-10(5)11(12)13-9(3)4/h8-10H,6-7H2,1-5H3/t10-/m0/s1. The van der Waals surface area contributed by atoms with Crippen LogP contribution in [0.4, 0.5) is 0 Å². The number of ether oxygens (including phenoxy) is 1. The lowest BCUT2D eigenvalue weighted by Gasteiger charge is -2.14. The van der Waals surface area contributed by atoms with Crippen LogP contribution >= 0.6 is 0 Å². The molecule has 0 N–H and O–H groups in total. The predicted octanol–water partition coefficient (Wildman–Crippen LogP) is 3.01. The minimum absolute atomic E-state index is 0.00833. The van der Waals surface area contributed by atoms with Crippen LogP contribution < -0.4 is 0 Å². The van der Waals surface area contributed by atoms with Crippen LogP contribution in [-0.4, -0.2) is 12.1 Å². The van der Waals surface area contributed by atoms with Crippen molar-refractivity contribution in [3.05, 3.63) is 0 Å². The molecule has 0 saturated heterocycles. The Morgan fingerprint density at radius 2 is 1.62 bits per heavy atom. The Kier molecular flexibility index (Phi) is 5.76. The third kappa shape index (κ3) is 6.62. The third-order valence-electron chi connectivity index (χ3n) is 1.93. The molecule has 0 aromatic carbocycles. The van der Waals surface area contributed by atoms with Crippen molar-refractivity contribution >= 4 is 5.97 Å². The van der Waals surface area contributed by atoms with Crippen molar-refractivity contribution in [2.24, 2.45) is 11.8 Å². The van der Waals surface area contributed by atoms with Gasteiger partial charge in [0, 0.05) is 0 Å². The smallest absolute Gasteiger partial charge is 0.308 e. The molecule has 0 unspecified atom stereocenters. The highest BCUT2D eigenvalue weighted by Gasteiger charge is 2.15. The van der Waals surface area contributed by atoms with Gasteiger partial charge in [-0.1, -0.05) is 27.2 Å². The van der Waals surface area contributed by atoms with E-state index < -0.39 is 0 Å². The van der Waals surface area contributed by atoms with Gasteiger partial charge in [-0.05, 0) is 26.2 Å². The van der Waals surface area contributed by atoms with Crippen LogP contribution in [0.5, 0.6) is 0 Å². The summed E-state index contributed by atoms with van der Waals surface area (Å²) in [5.74, 6) is 0.648. The van der Waals surface area contributed by atoms with E-state index in [-0.39, 0.29) is 18.0 Å². The van der Waals surface area contributed by atoms with E-state index in [1.165, 1.54) is 0 Å². The summed E-state index contributed by atoms with van der Waals surface area (Å²) in [6, 6.07) is 0. The Hall–Kier alpha value is -0.530. The van der Waals surface area contributed by atoms with Gasteiger partial charge in [-0.25, -0.2) is 0 Å². The van der Waals surface area contributed by atoms with Crippen LogP contribution in [0.15, 0.2) is 0 Å². The summed E-state index contributed by atoms with van der Waals surface area (Å²) >= 11 is 0. The molecule has 1 atom stereocenters. The Labute approximate surface area is 81.7 Å². The van der Waals surface area contributed by atoms with Crippen LogP contribution in [0.3, 0.4) is 0 Å². The number of rotatable bonds is 5. The van der Waals surface area contributed by atoms with Crippen LogP contribution in [0.2, 0.25) is 0 Å². The fraction of sp³-hybridized carbons (Fsp3) is 0.909. The summed E-state index contributed by atoms with van der Waals surface area (Å²) in [5, 5.41) is 0. The molecular formula is C11H22O2. The Morgan fingerprint density at radius 3 is 2.00 bits per heavy atom. The molecule has 13 heavy (non-hydrogen) atoms. The summed E-state index contributed by atoms with van der Waals surface area (Å²) in [6.45, 7) is 10.0. The fourth-order valence-electron chi connectivity index (χ4n) is 1.05. The lowest BCUT2D eigenvalue weighted by molar-refractivity contribution is -0.152. The second kappa shape index (κ2) is 6.01.